The predicted molar refractivity (Wildman–Crippen MR) is 186 cm³/mol. The molecule has 2 atom stereocenters. The first-order valence-electron chi connectivity index (χ1n) is 16.5. The van der Waals surface area contributed by atoms with Crippen LogP contribution in [0.2, 0.25) is 9.36 Å². The van der Waals surface area contributed by atoms with Crippen LogP contribution < -0.4 is 0 Å². The summed E-state index contributed by atoms with van der Waals surface area (Å²) in [4.78, 5) is 0. The first-order chi connectivity index (χ1) is 20.6. The van der Waals surface area contributed by atoms with Crippen LogP contribution in [0, 0.1) is 27.7 Å². The summed E-state index contributed by atoms with van der Waals surface area (Å²) in [6, 6.07) is 28.4. The van der Waals surface area contributed by atoms with E-state index in [0.717, 1.165) is 0 Å². The van der Waals surface area contributed by atoms with E-state index in [2.05, 4.69) is 134 Å². The van der Waals surface area contributed by atoms with Gasteiger partial charge >= 0.3 is 262 Å². The summed E-state index contributed by atoms with van der Waals surface area (Å²) in [5.74, 6) is 0. The summed E-state index contributed by atoms with van der Waals surface area (Å²) >= 11 is -3.96. The van der Waals surface area contributed by atoms with Gasteiger partial charge < -0.3 is 0 Å². The van der Waals surface area contributed by atoms with Crippen LogP contribution >= 0.6 is 0 Å². The van der Waals surface area contributed by atoms with Gasteiger partial charge in [0.05, 0.1) is 0 Å². The summed E-state index contributed by atoms with van der Waals surface area (Å²) in [5, 5.41) is 0. The molecule has 0 spiro atoms. The monoisotopic (exact) mass is 730 g/mol. The van der Waals surface area contributed by atoms with E-state index < -0.39 is 18.0 Å². The second-order valence-electron chi connectivity index (χ2n) is 14.8. The Bertz CT molecular complexity index is 1730. The van der Waals surface area contributed by atoms with E-state index in [4.69, 9.17) is 0 Å². The van der Waals surface area contributed by atoms with Crippen molar-refractivity contribution in [1.82, 2.24) is 0 Å². The fourth-order valence-electron chi connectivity index (χ4n) is 9.39. The Morgan fingerprint density at radius 2 is 0.953 bits per heavy atom. The van der Waals surface area contributed by atoms with Crippen molar-refractivity contribution in [3.63, 3.8) is 0 Å². The molecule has 0 heterocycles. The molecule has 0 nitrogen and oxygen atoms in total. The number of hydrogen-bond acceptors (Lipinski definition) is 0. The molecule has 0 N–H and O–H groups in total. The second kappa shape index (κ2) is 10.6. The summed E-state index contributed by atoms with van der Waals surface area (Å²) in [6.07, 6.45) is 17.1. The van der Waals surface area contributed by atoms with Crippen LogP contribution in [-0.4, -0.2) is 3.26 Å². The third-order valence-corrected chi connectivity index (χ3v) is 38.6. The first-order valence-corrected chi connectivity index (χ1v) is 29.6. The Morgan fingerprint density at radius 1 is 0.535 bits per heavy atom. The molecule has 0 amide bonds. The van der Waals surface area contributed by atoms with Crippen LogP contribution in [-0.2, 0) is 18.0 Å². The maximum absolute atomic E-state index is 3.96. The van der Waals surface area contributed by atoms with Gasteiger partial charge in [0.1, 0.15) is 0 Å². The molecular weight excluding hydrogens is 683 g/mol. The number of allylic oxidation sites excluding steroid dienone is 2. The van der Waals surface area contributed by atoms with Gasteiger partial charge in [-0.1, -0.05) is 0 Å². The second-order valence-corrected chi connectivity index (χ2v) is 40.6. The van der Waals surface area contributed by atoms with Crippen molar-refractivity contribution < 1.29 is 18.0 Å². The standard InChI is InChI=1S/2C17H15.C6H10.2CH3.Hf/c2*1-12-9-13(2)11-15(10-12)17-8-4-6-14-5-3-7-16(14)17;1-2-4-6-5-3-1;;;/h2*3-11H,1-2H3;1-5H2;2*1H3;. The number of benzene rings is 4. The van der Waals surface area contributed by atoms with Crippen LogP contribution in [0.4, 0.5) is 0 Å². The fraction of sp³-hybridized carbons (Fsp3) is 0.310. The first kappa shape index (κ1) is 28.8. The van der Waals surface area contributed by atoms with Gasteiger partial charge in [-0.2, -0.15) is 0 Å². The van der Waals surface area contributed by atoms with E-state index >= 15 is 0 Å². The van der Waals surface area contributed by atoms with E-state index in [9.17, 15) is 0 Å². The molecule has 218 valence electrons. The molecule has 4 aromatic carbocycles. The molecule has 0 saturated heterocycles. The molecule has 0 bridgehead atoms. The zero-order valence-corrected chi connectivity index (χ0v) is 30.5. The zero-order chi connectivity index (χ0) is 30.0. The summed E-state index contributed by atoms with van der Waals surface area (Å²) < 4.78 is 8.72. The van der Waals surface area contributed by atoms with E-state index in [1.54, 1.807) is 11.1 Å². The molecule has 1 fully saturated rings. The van der Waals surface area contributed by atoms with Crippen molar-refractivity contribution in [3.05, 3.63) is 129 Å². The summed E-state index contributed by atoms with van der Waals surface area (Å²) in [6.45, 7) is 8.90. The molecule has 7 rings (SSSR count). The van der Waals surface area contributed by atoms with E-state index in [-0.39, 0.29) is 0 Å². The van der Waals surface area contributed by atoms with Crippen molar-refractivity contribution in [2.75, 3.05) is 0 Å². The minimum atomic E-state index is -3.96. The third-order valence-electron chi connectivity index (χ3n) is 11.4. The Kier molecular flexibility index (Phi) is 7.13. The molecule has 1 saturated carbocycles. The van der Waals surface area contributed by atoms with Gasteiger partial charge in [-0.15, -0.1) is 0 Å². The molecule has 2 unspecified atom stereocenters. The molecule has 43 heavy (non-hydrogen) atoms. The quantitative estimate of drug-likeness (QED) is 0.184. The van der Waals surface area contributed by atoms with E-state index in [0.29, 0.717) is 7.35 Å². The van der Waals surface area contributed by atoms with Gasteiger partial charge in [0.15, 0.2) is 0 Å². The van der Waals surface area contributed by atoms with Crippen LogP contribution in [0.25, 0.3) is 34.4 Å². The molecule has 0 aromatic heterocycles. The fourth-order valence-corrected chi connectivity index (χ4v) is 34.5. The van der Waals surface area contributed by atoms with Crippen molar-refractivity contribution in [2.45, 2.75) is 76.5 Å². The molecule has 3 aliphatic carbocycles. The number of aryl methyl sites for hydroxylation is 4. The van der Waals surface area contributed by atoms with Crippen LogP contribution in [0.5, 0.6) is 0 Å². The molecule has 3 aliphatic rings. The normalized spacial score (nSPS) is 19.6. The Balaban J connectivity index is 1.42. The van der Waals surface area contributed by atoms with Crippen LogP contribution in [0.3, 0.4) is 0 Å². The minimum absolute atomic E-state index is 0.524. The van der Waals surface area contributed by atoms with E-state index in [1.165, 1.54) is 87.7 Å². The Morgan fingerprint density at radius 3 is 1.37 bits per heavy atom. The molecular formula is C42H46Hf. The van der Waals surface area contributed by atoms with Gasteiger partial charge in [-0.25, -0.2) is 0 Å². The van der Waals surface area contributed by atoms with Gasteiger partial charge in [-0.05, 0) is 0 Å². The van der Waals surface area contributed by atoms with Gasteiger partial charge in [0, 0.05) is 0 Å². The Hall–Kier alpha value is -2.90. The van der Waals surface area contributed by atoms with Crippen molar-refractivity contribution in [3.8, 4) is 22.3 Å². The number of hydrogen-bond donors (Lipinski definition) is 0. The topological polar surface area (TPSA) is 0 Å². The average Bonchev–Trinajstić information content (AvgIpc) is 3.63. The molecule has 0 radical (unpaired) electrons. The van der Waals surface area contributed by atoms with Crippen molar-refractivity contribution in [2.24, 2.45) is 0 Å². The van der Waals surface area contributed by atoms with Crippen molar-refractivity contribution >= 4 is 15.4 Å². The average molecular weight is 729 g/mol. The summed E-state index contributed by atoms with van der Waals surface area (Å²) in [7, 11) is 0. The molecule has 4 aromatic rings. The number of rotatable bonds is 4. The van der Waals surface area contributed by atoms with Gasteiger partial charge in [0.25, 0.3) is 0 Å². The van der Waals surface area contributed by atoms with E-state index in [1.807, 2.05) is 3.26 Å². The third kappa shape index (κ3) is 4.69. The number of fused-ring (bicyclic) bond motifs is 2. The maximum atomic E-state index is 2.85. The van der Waals surface area contributed by atoms with Gasteiger partial charge in [0.2, 0.25) is 0 Å². The molecule has 0 aliphatic heterocycles. The van der Waals surface area contributed by atoms with Crippen LogP contribution in [0.15, 0.2) is 84.9 Å². The Labute approximate surface area is 260 Å². The molecule has 1 heteroatoms. The predicted octanol–water partition coefficient (Wildman–Crippen LogP) is 12.0. The van der Waals surface area contributed by atoms with Gasteiger partial charge in [-0.3, -0.25) is 0 Å². The SMILES string of the molecule is Cc1cc(C)cc(-c2cccc3c2C=C[CH]3[Hf]([CH3])([CH3])(=[C]2CCCCC2)[CH]2C=Cc3c(-c4cc(C)cc(C)c4)cccc32)c1. The van der Waals surface area contributed by atoms with Crippen LogP contribution in [0.1, 0.15) is 84.0 Å². The van der Waals surface area contributed by atoms with Crippen molar-refractivity contribution in [1.29, 1.82) is 0 Å². The zero-order valence-electron chi connectivity index (χ0n) is 26.9. The summed E-state index contributed by atoms with van der Waals surface area (Å²) in [5.41, 5.74) is 17.0.